The van der Waals surface area contributed by atoms with E-state index in [-0.39, 0.29) is 0 Å². The van der Waals surface area contributed by atoms with Crippen molar-refractivity contribution >= 4 is 16.7 Å². The van der Waals surface area contributed by atoms with Gasteiger partial charge < -0.3 is 10.6 Å². The molecule has 22 heavy (non-hydrogen) atoms. The Balaban J connectivity index is 1.76. The summed E-state index contributed by atoms with van der Waals surface area (Å²) in [5, 5.41) is 9.41. The van der Waals surface area contributed by atoms with E-state index in [0.717, 1.165) is 25.3 Å². The maximum absolute atomic E-state index is 4.76. The Labute approximate surface area is 132 Å². The molecule has 0 aromatic heterocycles. The Bertz CT molecular complexity index is 675. The molecule has 0 amide bonds. The lowest BCUT2D eigenvalue weighted by Crippen LogP contribution is -2.42. The molecule has 2 N–H and O–H groups in total. The fraction of sp³-hybridized carbons (Fsp3) is 0.316. The van der Waals surface area contributed by atoms with Gasteiger partial charge >= 0.3 is 0 Å². The molecule has 0 unspecified atom stereocenters. The average molecular weight is 293 g/mol. The maximum atomic E-state index is 4.76. The predicted octanol–water partition coefficient (Wildman–Crippen LogP) is 3.61. The average Bonchev–Trinajstić information content (AvgIpc) is 3.06. The first kappa shape index (κ1) is 14.6. The molecule has 2 aromatic carbocycles. The molecule has 2 aromatic rings. The van der Waals surface area contributed by atoms with Crippen molar-refractivity contribution in [2.45, 2.75) is 32.4 Å². The van der Waals surface area contributed by atoms with Crippen LogP contribution in [-0.4, -0.2) is 18.5 Å². The predicted molar refractivity (Wildman–Crippen MR) is 94.1 cm³/mol. The third kappa shape index (κ3) is 3.48. The van der Waals surface area contributed by atoms with E-state index in [9.17, 15) is 0 Å². The Morgan fingerprint density at radius 1 is 1.09 bits per heavy atom. The Kier molecular flexibility index (Phi) is 4.74. The van der Waals surface area contributed by atoms with Crippen LogP contribution in [0, 0.1) is 0 Å². The Hall–Kier alpha value is -2.29. The lowest BCUT2D eigenvalue weighted by atomic mass is 10.1. The summed E-state index contributed by atoms with van der Waals surface area (Å²) in [6.45, 7) is 3.67. The number of rotatable bonds is 4. The molecule has 0 aliphatic heterocycles. The largest absolute Gasteiger partial charge is 0.357 e. The fourth-order valence-electron chi connectivity index (χ4n) is 2.84. The van der Waals surface area contributed by atoms with Crippen LogP contribution in [0.2, 0.25) is 0 Å². The highest BCUT2D eigenvalue weighted by molar-refractivity contribution is 5.86. The van der Waals surface area contributed by atoms with Gasteiger partial charge in [-0.2, -0.15) is 0 Å². The van der Waals surface area contributed by atoms with Crippen LogP contribution in [0.1, 0.15) is 25.3 Å². The summed E-state index contributed by atoms with van der Waals surface area (Å²) in [6.07, 6.45) is 6.62. The molecule has 0 fully saturated rings. The van der Waals surface area contributed by atoms with E-state index in [2.05, 4.69) is 72.2 Å². The van der Waals surface area contributed by atoms with Gasteiger partial charge in [0.1, 0.15) is 0 Å². The van der Waals surface area contributed by atoms with E-state index >= 15 is 0 Å². The Morgan fingerprint density at radius 3 is 2.68 bits per heavy atom. The van der Waals surface area contributed by atoms with Gasteiger partial charge in [0, 0.05) is 12.6 Å². The minimum Gasteiger partial charge on any atom is -0.357 e. The number of guanidine groups is 1. The van der Waals surface area contributed by atoms with Crippen LogP contribution in [0.3, 0.4) is 0 Å². The molecular weight excluding hydrogens is 270 g/mol. The molecule has 3 heteroatoms. The number of hydrogen-bond acceptors (Lipinski definition) is 1. The van der Waals surface area contributed by atoms with Gasteiger partial charge in [-0.25, -0.2) is 4.99 Å². The lowest BCUT2D eigenvalue weighted by molar-refractivity contribution is 0.633. The first-order valence-electron chi connectivity index (χ1n) is 8.03. The highest BCUT2D eigenvalue weighted by Crippen LogP contribution is 2.19. The molecule has 0 heterocycles. The zero-order valence-electron chi connectivity index (χ0n) is 13.0. The Morgan fingerprint density at radius 2 is 1.86 bits per heavy atom. The van der Waals surface area contributed by atoms with Crippen molar-refractivity contribution in [2.75, 3.05) is 6.54 Å². The topological polar surface area (TPSA) is 36.4 Å². The van der Waals surface area contributed by atoms with Crippen molar-refractivity contribution in [1.82, 2.24) is 10.6 Å². The number of hydrogen-bond donors (Lipinski definition) is 2. The summed E-state index contributed by atoms with van der Waals surface area (Å²) in [5.41, 5.74) is 1.26. The van der Waals surface area contributed by atoms with Gasteiger partial charge in [0.15, 0.2) is 5.96 Å². The fourth-order valence-corrected chi connectivity index (χ4v) is 2.84. The summed E-state index contributed by atoms with van der Waals surface area (Å²) < 4.78 is 0. The second-order valence-corrected chi connectivity index (χ2v) is 5.62. The van der Waals surface area contributed by atoms with Gasteiger partial charge in [0.05, 0.1) is 6.54 Å². The second kappa shape index (κ2) is 7.12. The van der Waals surface area contributed by atoms with E-state index in [1.165, 1.54) is 16.3 Å². The minimum absolute atomic E-state index is 0.477. The van der Waals surface area contributed by atoms with Gasteiger partial charge in [0.2, 0.25) is 0 Å². The molecule has 3 nitrogen and oxygen atoms in total. The molecular formula is C19H23N3. The van der Waals surface area contributed by atoms with Gasteiger partial charge in [-0.15, -0.1) is 0 Å². The lowest BCUT2D eigenvalue weighted by Gasteiger charge is -2.16. The molecule has 3 rings (SSSR count). The van der Waals surface area contributed by atoms with Crippen molar-refractivity contribution in [3.05, 3.63) is 60.2 Å². The smallest absolute Gasteiger partial charge is 0.191 e. The number of nitrogens with zero attached hydrogens (tertiary/aromatic N) is 1. The standard InChI is InChI=1S/C19H23N3/c1-2-20-19(22-17-11-4-5-12-17)21-14-16-10-7-9-15-8-3-6-13-18(15)16/h3-10,13,17H,2,11-12,14H2,1H3,(H2,20,21,22). The van der Waals surface area contributed by atoms with E-state index in [0.29, 0.717) is 12.6 Å². The molecule has 0 radical (unpaired) electrons. The zero-order chi connectivity index (χ0) is 15.2. The molecule has 0 atom stereocenters. The molecule has 114 valence electrons. The molecule has 0 bridgehead atoms. The zero-order valence-corrected chi connectivity index (χ0v) is 13.0. The summed E-state index contributed by atoms with van der Waals surface area (Å²) >= 11 is 0. The van der Waals surface area contributed by atoms with Gasteiger partial charge in [-0.3, -0.25) is 0 Å². The van der Waals surface area contributed by atoms with Crippen molar-refractivity contribution in [3.8, 4) is 0 Å². The quantitative estimate of drug-likeness (QED) is 0.513. The van der Waals surface area contributed by atoms with Crippen LogP contribution in [0.5, 0.6) is 0 Å². The van der Waals surface area contributed by atoms with Crippen LogP contribution in [-0.2, 0) is 6.54 Å². The van der Waals surface area contributed by atoms with Crippen molar-refractivity contribution in [2.24, 2.45) is 4.99 Å². The third-order valence-electron chi connectivity index (χ3n) is 3.98. The summed E-state index contributed by atoms with van der Waals surface area (Å²) in [4.78, 5) is 4.76. The minimum atomic E-state index is 0.477. The highest BCUT2D eigenvalue weighted by atomic mass is 15.2. The van der Waals surface area contributed by atoms with E-state index in [4.69, 9.17) is 4.99 Å². The molecule has 0 spiro atoms. The summed E-state index contributed by atoms with van der Waals surface area (Å²) in [7, 11) is 0. The van der Waals surface area contributed by atoms with Crippen LogP contribution in [0.25, 0.3) is 10.8 Å². The van der Waals surface area contributed by atoms with Gasteiger partial charge in [-0.05, 0) is 36.1 Å². The highest BCUT2D eigenvalue weighted by Gasteiger charge is 2.11. The monoisotopic (exact) mass is 293 g/mol. The number of nitrogens with one attached hydrogen (secondary N) is 2. The van der Waals surface area contributed by atoms with Crippen molar-refractivity contribution in [3.63, 3.8) is 0 Å². The molecule has 1 aliphatic carbocycles. The van der Waals surface area contributed by atoms with Crippen LogP contribution >= 0.6 is 0 Å². The summed E-state index contributed by atoms with van der Waals surface area (Å²) in [6, 6.07) is 15.4. The van der Waals surface area contributed by atoms with E-state index in [1.807, 2.05) is 0 Å². The SMILES string of the molecule is CCNC(=NCc1cccc2ccccc12)NC1CC=CC1. The van der Waals surface area contributed by atoms with E-state index < -0.39 is 0 Å². The number of benzene rings is 2. The molecule has 0 saturated carbocycles. The van der Waals surface area contributed by atoms with Gasteiger partial charge in [0.25, 0.3) is 0 Å². The number of fused-ring (bicyclic) bond motifs is 1. The van der Waals surface area contributed by atoms with E-state index in [1.54, 1.807) is 0 Å². The second-order valence-electron chi connectivity index (χ2n) is 5.62. The van der Waals surface area contributed by atoms with Crippen LogP contribution in [0.15, 0.2) is 59.6 Å². The normalized spacial score (nSPS) is 15.4. The van der Waals surface area contributed by atoms with Crippen molar-refractivity contribution < 1.29 is 0 Å². The third-order valence-corrected chi connectivity index (χ3v) is 3.98. The van der Waals surface area contributed by atoms with Crippen LogP contribution in [0.4, 0.5) is 0 Å². The van der Waals surface area contributed by atoms with Crippen LogP contribution < -0.4 is 10.6 Å². The first-order valence-corrected chi connectivity index (χ1v) is 8.03. The number of aliphatic imine (C=N–C) groups is 1. The van der Waals surface area contributed by atoms with Gasteiger partial charge in [-0.1, -0.05) is 54.6 Å². The summed E-state index contributed by atoms with van der Waals surface area (Å²) in [5.74, 6) is 0.907. The maximum Gasteiger partial charge on any atom is 0.191 e. The molecule has 0 saturated heterocycles. The first-order chi connectivity index (χ1) is 10.9. The van der Waals surface area contributed by atoms with Crippen molar-refractivity contribution in [1.29, 1.82) is 0 Å². The molecule has 1 aliphatic rings.